The Morgan fingerprint density at radius 1 is 1.44 bits per heavy atom. The second-order valence-corrected chi connectivity index (χ2v) is 4.62. The number of halogens is 1. The van der Waals surface area contributed by atoms with E-state index in [2.05, 4.69) is 5.32 Å². The van der Waals surface area contributed by atoms with Crippen LogP contribution in [-0.4, -0.2) is 23.0 Å². The Hall–Kier alpha value is -1.55. The first-order valence-electron chi connectivity index (χ1n) is 5.69. The average molecular weight is 270 g/mol. The number of aryl methyl sites for hydroxylation is 1. The molecular formula is C13H16ClNO3. The maximum atomic E-state index is 11.9. The molecule has 0 bridgehead atoms. The summed E-state index contributed by atoms with van der Waals surface area (Å²) in [6.07, 6.45) is 0.424. The van der Waals surface area contributed by atoms with Gasteiger partial charge in [-0.2, -0.15) is 0 Å². The van der Waals surface area contributed by atoms with Crippen LogP contribution in [0.25, 0.3) is 0 Å². The van der Waals surface area contributed by atoms with Crippen molar-refractivity contribution < 1.29 is 14.7 Å². The zero-order valence-electron chi connectivity index (χ0n) is 10.4. The highest BCUT2D eigenvalue weighted by atomic mass is 35.5. The number of nitrogens with one attached hydrogen (secondary N) is 1. The molecule has 1 aromatic rings. The minimum Gasteiger partial charge on any atom is -0.481 e. The summed E-state index contributed by atoms with van der Waals surface area (Å²) in [5.41, 5.74) is 1.25. The number of hydrogen-bond acceptors (Lipinski definition) is 2. The van der Waals surface area contributed by atoms with Gasteiger partial charge in [-0.15, -0.1) is 0 Å². The van der Waals surface area contributed by atoms with Crippen LogP contribution < -0.4 is 5.32 Å². The summed E-state index contributed by atoms with van der Waals surface area (Å²) in [4.78, 5) is 22.4. The molecule has 1 unspecified atom stereocenters. The molecule has 1 amide bonds. The summed E-state index contributed by atoms with van der Waals surface area (Å²) in [7, 11) is 0. The number of carbonyl (C=O) groups excluding carboxylic acids is 1. The summed E-state index contributed by atoms with van der Waals surface area (Å²) in [5, 5.41) is 11.7. The third kappa shape index (κ3) is 4.04. The van der Waals surface area contributed by atoms with E-state index in [1.807, 2.05) is 13.0 Å². The van der Waals surface area contributed by atoms with E-state index in [1.165, 1.54) is 0 Å². The number of carbonyl (C=O) groups is 2. The van der Waals surface area contributed by atoms with Gasteiger partial charge >= 0.3 is 5.97 Å². The van der Waals surface area contributed by atoms with E-state index < -0.39 is 5.97 Å². The van der Waals surface area contributed by atoms with Gasteiger partial charge in [0.05, 0.1) is 10.6 Å². The Labute approximate surface area is 111 Å². The molecule has 98 valence electrons. The highest BCUT2D eigenvalue weighted by Gasteiger charge is 2.14. The zero-order valence-corrected chi connectivity index (χ0v) is 11.1. The van der Waals surface area contributed by atoms with E-state index in [4.69, 9.17) is 16.7 Å². The van der Waals surface area contributed by atoms with Crippen LogP contribution in [0.4, 0.5) is 0 Å². The number of hydrogen-bond donors (Lipinski definition) is 2. The first kappa shape index (κ1) is 14.5. The van der Waals surface area contributed by atoms with Gasteiger partial charge in [-0.1, -0.05) is 23.7 Å². The summed E-state index contributed by atoms with van der Waals surface area (Å²) < 4.78 is 0. The van der Waals surface area contributed by atoms with Crippen LogP contribution in [0.1, 0.15) is 35.7 Å². The molecule has 0 saturated carbocycles. The molecule has 0 aromatic heterocycles. The fourth-order valence-electron chi connectivity index (χ4n) is 1.54. The zero-order chi connectivity index (χ0) is 13.7. The molecule has 0 aliphatic heterocycles. The molecule has 2 N–H and O–H groups in total. The Morgan fingerprint density at radius 2 is 2.11 bits per heavy atom. The van der Waals surface area contributed by atoms with E-state index >= 15 is 0 Å². The average Bonchev–Trinajstić information content (AvgIpc) is 2.30. The van der Waals surface area contributed by atoms with E-state index in [9.17, 15) is 9.59 Å². The molecule has 0 heterocycles. The molecule has 0 aliphatic carbocycles. The SMILES string of the molecule is Cc1cccc(C(=O)NC(C)CCC(=O)O)c1Cl. The predicted molar refractivity (Wildman–Crippen MR) is 70.0 cm³/mol. The summed E-state index contributed by atoms with van der Waals surface area (Å²) in [6.45, 7) is 3.59. The summed E-state index contributed by atoms with van der Waals surface area (Å²) in [5.74, 6) is -1.15. The Kier molecular flexibility index (Phi) is 5.16. The van der Waals surface area contributed by atoms with Crippen molar-refractivity contribution in [2.45, 2.75) is 32.7 Å². The number of amides is 1. The fourth-order valence-corrected chi connectivity index (χ4v) is 1.75. The van der Waals surface area contributed by atoms with Crippen molar-refractivity contribution in [1.29, 1.82) is 0 Å². The minimum atomic E-state index is -0.871. The van der Waals surface area contributed by atoms with Crippen molar-refractivity contribution in [2.24, 2.45) is 0 Å². The van der Waals surface area contributed by atoms with Gasteiger partial charge in [0.1, 0.15) is 0 Å². The van der Waals surface area contributed by atoms with Gasteiger partial charge in [0.2, 0.25) is 0 Å². The Balaban J connectivity index is 2.65. The lowest BCUT2D eigenvalue weighted by Gasteiger charge is -2.14. The number of benzene rings is 1. The summed E-state index contributed by atoms with van der Waals surface area (Å²) in [6, 6.07) is 5.03. The highest BCUT2D eigenvalue weighted by molar-refractivity contribution is 6.34. The van der Waals surface area contributed by atoms with Crippen molar-refractivity contribution in [3.05, 3.63) is 34.3 Å². The first-order chi connectivity index (χ1) is 8.41. The number of carboxylic acid groups (broad SMARTS) is 1. The van der Waals surface area contributed by atoms with Gasteiger partial charge < -0.3 is 10.4 Å². The van der Waals surface area contributed by atoms with Crippen LogP contribution >= 0.6 is 11.6 Å². The quantitative estimate of drug-likeness (QED) is 0.863. The lowest BCUT2D eigenvalue weighted by Crippen LogP contribution is -2.33. The van der Waals surface area contributed by atoms with Gasteiger partial charge in [0.25, 0.3) is 5.91 Å². The van der Waals surface area contributed by atoms with E-state index in [1.54, 1.807) is 19.1 Å². The molecule has 1 rings (SSSR count). The van der Waals surface area contributed by atoms with Gasteiger partial charge in [-0.05, 0) is 31.9 Å². The van der Waals surface area contributed by atoms with Crippen LogP contribution in [0.5, 0.6) is 0 Å². The topological polar surface area (TPSA) is 66.4 Å². The minimum absolute atomic E-state index is 0.0308. The fraction of sp³-hybridized carbons (Fsp3) is 0.385. The predicted octanol–water partition coefficient (Wildman–Crippen LogP) is 2.63. The maximum Gasteiger partial charge on any atom is 0.303 e. The van der Waals surface area contributed by atoms with Crippen LogP contribution in [0.2, 0.25) is 5.02 Å². The summed E-state index contributed by atoms with van der Waals surface area (Å²) >= 11 is 6.04. The molecule has 0 fully saturated rings. The second kappa shape index (κ2) is 6.40. The lowest BCUT2D eigenvalue weighted by atomic mass is 10.1. The van der Waals surface area contributed by atoms with Crippen molar-refractivity contribution in [3.8, 4) is 0 Å². The number of aliphatic carboxylic acids is 1. The normalized spacial score (nSPS) is 11.9. The van der Waals surface area contributed by atoms with Crippen molar-refractivity contribution >= 4 is 23.5 Å². The number of carboxylic acids is 1. The molecule has 0 radical (unpaired) electrons. The Morgan fingerprint density at radius 3 is 2.72 bits per heavy atom. The van der Waals surface area contributed by atoms with Gasteiger partial charge in [-0.3, -0.25) is 9.59 Å². The molecular weight excluding hydrogens is 254 g/mol. The van der Waals surface area contributed by atoms with Crippen LogP contribution in [0.3, 0.4) is 0 Å². The van der Waals surface area contributed by atoms with Gasteiger partial charge in [-0.25, -0.2) is 0 Å². The monoisotopic (exact) mass is 269 g/mol. The van der Waals surface area contributed by atoms with E-state index in [-0.39, 0.29) is 18.4 Å². The van der Waals surface area contributed by atoms with Gasteiger partial charge in [0, 0.05) is 12.5 Å². The third-order valence-corrected chi connectivity index (χ3v) is 3.11. The van der Waals surface area contributed by atoms with E-state index in [0.29, 0.717) is 17.0 Å². The molecule has 0 aliphatic rings. The number of rotatable bonds is 5. The first-order valence-corrected chi connectivity index (χ1v) is 6.07. The lowest BCUT2D eigenvalue weighted by molar-refractivity contribution is -0.137. The third-order valence-electron chi connectivity index (χ3n) is 2.61. The largest absolute Gasteiger partial charge is 0.481 e. The van der Waals surface area contributed by atoms with Crippen molar-refractivity contribution in [3.63, 3.8) is 0 Å². The highest BCUT2D eigenvalue weighted by Crippen LogP contribution is 2.20. The van der Waals surface area contributed by atoms with Crippen LogP contribution in [-0.2, 0) is 4.79 Å². The molecule has 4 nitrogen and oxygen atoms in total. The molecule has 5 heteroatoms. The van der Waals surface area contributed by atoms with Crippen molar-refractivity contribution in [1.82, 2.24) is 5.32 Å². The van der Waals surface area contributed by atoms with Crippen LogP contribution in [0, 0.1) is 6.92 Å². The molecule has 1 aromatic carbocycles. The standard InChI is InChI=1S/C13H16ClNO3/c1-8-4-3-5-10(12(8)14)13(18)15-9(2)6-7-11(16)17/h3-5,9H,6-7H2,1-2H3,(H,15,18)(H,16,17). The van der Waals surface area contributed by atoms with Crippen molar-refractivity contribution in [2.75, 3.05) is 0 Å². The molecule has 1 atom stereocenters. The molecule has 0 saturated heterocycles. The molecule has 18 heavy (non-hydrogen) atoms. The van der Waals surface area contributed by atoms with Crippen LogP contribution in [0.15, 0.2) is 18.2 Å². The van der Waals surface area contributed by atoms with E-state index in [0.717, 1.165) is 5.56 Å². The van der Waals surface area contributed by atoms with Gasteiger partial charge in [0.15, 0.2) is 0 Å². The second-order valence-electron chi connectivity index (χ2n) is 4.24. The Bertz CT molecular complexity index is 460. The smallest absolute Gasteiger partial charge is 0.303 e. The molecule has 0 spiro atoms. The maximum absolute atomic E-state index is 11.9.